The number of carbonyl (C=O) groups excluding carboxylic acids is 4. The normalized spacial score (nSPS) is 18.0. The van der Waals surface area contributed by atoms with Crippen molar-refractivity contribution in [3.05, 3.63) is 100 Å². The van der Waals surface area contributed by atoms with Gasteiger partial charge in [0.1, 0.15) is 29.4 Å². The number of hydrogen-bond acceptors (Lipinski definition) is 4. The number of nitrogens with one attached hydrogen (secondary N) is 3. The van der Waals surface area contributed by atoms with E-state index in [2.05, 4.69) is 16.0 Å². The lowest BCUT2D eigenvalue weighted by Crippen LogP contribution is -2.54. The Morgan fingerprint density at radius 2 is 1.58 bits per heavy atom. The number of halogens is 3. The summed E-state index contributed by atoms with van der Waals surface area (Å²) in [7, 11) is 0. The Hall–Kier alpha value is -4.67. The van der Waals surface area contributed by atoms with Gasteiger partial charge in [-0.25, -0.2) is 13.2 Å². The summed E-state index contributed by atoms with van der Waals surface area (Å²) in [5.74, 6) is -5.04. The molecule has 5 rings (SSSR count). The molecule has 3 aromatic rings. The zero-order valence-corrected chi connectivity index (χ0v) is 23.5. The van der Waals surface area contributed by atoms with Crippen molar-refractivity contribution >= 4 is 29.3 Å². The largest absolute Gasteiger partial charge is 0.354 e. The number of rotatable bonds is 9. The fraction of sp³-hybridized carbons (Fsp3) is 0.312. The summed E-state index contributed by atoms with van der Waals surface area (Å²) >= 11 is 0. The van der Waals surface area contributed by atoms with Crippen LogP contribution in [0, 0.1) is 23.4 Å². The molecule has 2 unspecified atom stereocenters. The predicted molar refractivity (Wildman–Crippen MR) is 152 cm³/mol. The molecular formula is C32H31F3N4O4. The summed E-state index contributed by atoms with van der Waals surface area (Å²) < 4.78 is 40.1. The SMILES string of the molecule is C[C@@H](C(=O)NCc1cc(F)cc(F)c1)C(=O)NC1CCc2cccc3c2N(C1=O)C(CNC(=O)Cc1ccc(F)cc1)C3. The van der Waals surface area contributed by atoms with E-state index in [4.69, 9.17) is 0 Å². The van der Waals surface area contributed by atoms with Crippen LogP contribution in [0.1, 0.15) is 35.6 Å². The van der Waals surface area contributed by atoms with E-state index in [1.807, 2.05) is 18.2 Å². The minimum Gasteiger partial charge on any atom is -0.354 e. The molecule has 2 heterocycles. The van der Waals surface area contributed by atoms with Gasteiger partial charge in [0.2, 0.25) is 23.6 Å². The first kappa shape index (κ1) is 29.8. The van der Waals surface area contributed by atoms with Crippen LogP contribution < -0.4 is 20.9 Å². The van der Waals surface area contributed by atoms with Crippen LogP contribution in [0.15, 0.2) is 60.7 Å². The minimum absolute atomic E-state index is 0.0614. The van der Waals surface area contributed by atoms with Gasteiger partial charge in [-0.05, 0) is 72.7 Å². The van der Waals surface area contributed by atoms with Crippen molar-refractivity contribution in [1.29, 1.82) is 0 Å². The minimum atomic E-state index is -1.17. The molecule has 4 amide bonds. The van der Waals surface area contributed by atoms with Crippen molar-refractivity contribution in [2.45, 2.75) is 51.2 Å². The quantitative estimate of drug-likeness (QED) is 0.332. The second-order valence-corrected chi connectivity index (χ2v) is 10.9. The first-order valence-electron chi connectivity index (χ1n) is 14.1. The van der Waals surface area contributed by atoms with Gasteiger partial charge in [0.15, 0.2) is 0 Å². The summed E-state index contributed by atoms with van der Waals surface area (Å²) in [6, 6.07) is 13.1. The lowest BCUT2D eigenvalue weighted by atomic mass is 10.0. The first-order chi connectivity index (χ1) is 20.6. The molecular weight excluding hydrogens is 561 g/mol. The third kappa shape index (κ3) is 6.87. The van der Waals surface area contributed by atoms with E-state index in [9.17, 15) is 32.3 Å². The number of carbonyl (C=O) groups is 4. The van der Waals surface area contributed by atoms with Crippen molar-refractivity contribution in [1.82, 2.24) is 16.0 Å². The molecule has 0 radical (unpaired) electrons. The van der Waals surface area contributed by atoms with Gasteiger partial charge in [0.05, 0.1) is 18.2 Å². The second-order valence-electron chi connectivity index (χ2n) is 10.9. The van der Waals surface area contributed by atoms with Gasteiger partial charge in [-0.15, -0.1) is 0 Å². The van der Waals surface area contributed by atoms with E-state index >= 15 is 0 Å². The molecule has 3 atom stereocenters. The number of benzene rings is 3. The Morgan fingerprint density at radius 1 is 0.884 bits per heavy atom. The van der Waals surface area contributed by atoms with Gasteiger partial charge in [-0.1, -0.05) is 30.3 Å². The molecule has 0 saturated heterocycles. The molecule has 0 saturated carbocycles. The molecule has 43 heavy (non-hydrogen) atoms. The number of para-hydroxylation sites is 1. The molecule has 2 aliphatic heterocycles. The van der Waals surface area contributed by atoms with Gasteiger partial charge in [0, 0.05) is 19.2 Å². The molecule has 3 N–H and O–H groups in total. The standard InChI is InChI=1S/C32H31F3N4O4/c1-18(30(41)37-16-20-11-24(34)15-25(35)12-20)31(42)38-27-10-7-21-3-2-4-22-14-26(39(29(21)22)32(27)43)17-36-28(40)13-19-5-8-23(33)9-6-19/h2-6,8-9,11-12,15,18,26-27H,7,10,13-14,16-17H2,1H3,(H,36,40)(H,37,41)(H,38,42)/t18-,26?,27?/m0/s1. The zero-order chi connectivity index (χ0) is 30.7. The maximum Gasteiger partial charge on any atom is 0.249 e. The van der Waals surface area contributed by atoms with Gasteiger partial charge in [-0.2, -0.15) is 0 Å². The topological polar surface area (TPSA) is 108 Å². The van der Waals surface area contributed by atoms with Crippen molar-refractivity contribution in [2.75, 3.05) is 11.4 Å². The summed E-state index contributed by atoms with van der Waals surface area (Å²) in [5, 5.41) is 8.11. The number of aryl methyl sites for hydroxylation is 1. The third-order valence-electron chi connectivity index (χ3n) is 7.81. The average Bonchev–Trinajstić information content (AvgIpc) is 3.29. The molecule has 0 fully saturated rings. The van der Waals surface area contributed by atoms with Crippen LogP contribution in [0.5, 0.6) is 0 Å². The molecule has 11 heteroatoms. The average molecular weight is 593 g/mol. The molecule has 0 bridgehead atoms. The van der Waals surface area contributed by atoms with Crippen LogP contribution in [0.2, 0.25) is 0 Å². The third-order valence-corrected chi connectivity index (χ3v) is 7.81. The smallest absolute Gasteiger partial charge is 0.249 e. The number of amides is 4. The Bertz CT molecular complexity index is 1540. The summed E-state index contributed by atoms with van der Waals surface area (Å²) in [6.45, 7) is 1.40. The lowest BCUT2D eigenvalue weighted by Gasteiger charge is -2.29. The van der Waals surface area contributed by atoms with Gasteiger partial charge >= 0.3 is 0 Å². The van der Waals surface area contributed by atoms with E-state index in [1.54, 1.807) is 17.0 Å². The molecule has 2 aliphatic rings. The van der Waals surface area contributed by atoms with Crippen molar-refractivity contribution in [3.8, 4) is 0 Å². The van der Waals surface area contributed by atoms with Gasteiger partial charge in [-0.3, -0.25) is 19.2 Å². The van der Waals surface area contributed by atoms with E-state index in [0.717, 1.165) is 35.0 Å². The molecule has 8 nitrogen and oxygen atoms in total. The van der Waals surface area contributed by atoms with Crippen LogP contribution in [0.25, 0.3) is 0 Å². The van der Waals surface area contributed by atoms with E-state index in [-0.39, 0.29) is 48.7 Å². The zero-order valence-electron chi connectivity index (χ0n) is 23.5. The van der Waals surface area contributed by atoms with Gasteiger partial charge in [0.25, 0.3) is 0 Å². The highest BCUT2D eigenvalue weighted by atomic mass is 19.1. The van der Waals surface area contributed by atoms with Crippen molar-refractivity contribution in [2.24, 2.45) is 5.92 Å². The summed E-state index contributed by atoms with van der Waals surface area (Å²) in [5.41, 5.74) is 3.57. The molecule has 0 aliphatic carbocycles. The monoisotopic (exact) mass is 592 g/mol. The van der Waals surface area contributed by atoms with Crippen molar-refractivity contribution < 1.29 is 32.3 Å². The molecule has 0 spiro atoms. The van der Waals surface area contributed by atoms with Crippen molar-refractivity contribution in [3.63, 3.8) is 0 Å². The van der Waals surface area contributed by atoms with Crippen LogP contribution >= 0.6 is 0 Å². The van der Waals surface area contributed by atoms with Crippen LogP contribution in [0.3, 0.4) is 0 Å². The highest BCUT2D eigenvalue weighted by Crippen LogP contribution is 2.38. The van der Waals surface area contributed by atoms with E-state index < -0.39 is 35.4 Å². The lowest BCUT2D eigenvalue weighted by molar-refractivity contribution is -0.136. The number of nitrogens with zero attached hydrogens (tertiary/aromatic N) is 1. The van der Waals surface area contributed by atoms with Crippen LogP contribution in [-0.2, 0) is 45.0 Å². The van der Waals surface area contributed by atoms with Gasteiger partial charge < -0.3 is 20.9 Å². The predicted octanol–water partition coefficient (Wildman–Crippen LogP) is 3.10. The maximum absolute atomic E-state index is 13.8. The van der Waals surface area contributed by atoms with E-state index in [0.29, 0.717) is 24.8 Å². The molecule has 0 aromatic heterocycles. The fourth-order valence-electron chi connectivity index (χ4n) is 5.58. The highest BCUT2D eigenvalue weighted by molar-refractivity contribution is 6.05. The Labute approximate surface area is 246 Å². The number of anilines is 1. The van der Waals surface area contributed by atoms with E-state index in [1.165, 1.54) is 19.1 Å². The Morgan fingerprint density at radius 3 is 2.30 bits per heavy atom. The summed E-state index contributed by atoms with van der Waals surface area (Å²) in [6.07, 6.45) is 1.42. The molecule has 224 valence electrons. The molecule has 3 aromatic carbocycles. The Kier molecular flexibility index (Phi) is 8.79. The fourth-order valence-corrected chi connectivity index (χ4v) is 5.58. The second kappa shape index (κ2) is 12.7. The number of hydrogen-bond donors (Lipinski definition) is 3. The maximum atomic E-state index is 13.8. The van der Waals surface area contributed by atoms with Crippen LogP contribution in [-0.4, -0.2) is 42.3 Å². The highest BCUT2D eigenvalue weighted by Gasteiger charge is 2.41. The van der Waals surface area contributed by atoms with Crippen LogP contribution in [0.4, 0.5) is 18.9 Å². The summed E-state index contributed by atoms with van der Waals surface area (Å²) in [4.78, 5) is 53.8. The Balaban J connectivity index is 1.23. The first-order valence-corrected chi connectivity index (χ1v) is 14.1.